The lowest BCUT2D eigenvalue weighted by Gasteiger charge is -2.33. The summed E-state index contributed by atoms with van der Waals surface area (Å²) in [6.07, 6.45) is 0. The molecule has 1 amide bonds. The molecule has 2 aromatic rings. The Hall–Kier alpha value is -2.32. The van der Waals surface area contributed by atoms with Gasteiger partial charge in [-0.15, -0.1) is 10.2 Å². The number of rotatable bonds is 4. The van der Waals surface area contributed by atoms with Crippen molar-refractivity contribution in [2.75, 3.05) is 6.61 Å². The van der Waals surface area contributed by atoms with E-state index >= 15 is 0 Å². The van der Waals surface area contributed by atoms with Crippen LogP contribution in [0.3, 0.4) is 0 Å². The molecule has 1 N–H and O–H groups in total. The highest BCUT2D eigenvalue weighted by Crippen LogP contribution is 2.24. The summed E-state index contributed by atoms with van der Waals surface area (Å²) in [7, 11) is 0. The summed E-state index contributed by atoms with van der Waals surface area (Å²) in [5.41, 5.74) is 0. The maximum Gasteiger partial charge on any atom is 0.328 e. The van der Waals surface area contributed by atoms with Gasteiger partial charge in [0.1, 0.15) is 17.6 Å². The van der Waals surface area contributed by atoms with Crippen molar-refractivity contribution in [3.8, 4) is 5.75 Å². The molecule has 25 heavy (non-hydrogen) atoms. The van der Waals surface area contributed by atoms with Crippen LogP contribution < -0.4 is 4.74 Å². The maximum atomic E-state index is 12.5. The van der Waals surface area contributed by atoms with Gasteiger partial charge >= 0.3 is 5.97 Å². The predicted octanol–water partition coefficient (Wildman–Crippen LogP) is 1.77. The molecule has 0 spiro atoms. The van der Waals surface area contributed by atoms with E-state index in [1.54, 1.807) is 11.5 Å². The highest BCUT2D eigenvalue weighted by molar-refractivity contribution is 6.34. The number of nitrogens with zero attached hydrogens (tertiary/aromatic N) is 4. The molecule has 0 bridgehead atoms. The van der Waals surface area contributed by atoms with Crippen LogP contribution in [-0.2, 0) is 22.7 Å². The first kappa shape index (κ1) is 17.5. The highest BCUT2D eigenvalue weighted by atomic mass is 35.5. The summed E-state index contributed by atoms with van der Waals surface area (Å²) in [6, 6.07) is 3.57. The monoisotopic (exact) mass is 384 g/mol. The molecule has 1 atom stereocenters. The lowest BCUT2D eigenvalue weighted by atomic mass is 10.2. The Morgan fingerprint density at radius 1 is 1.28 bits per heavy atom. The molecule has 0 saturated heterocycles. The number of carboxylic acids is 1. The fourth-order valence-corrected chi connectivity index (χ4v) is 3.13. The number of fused-ring (bicyclic) bond motifs is 1. The van der Waals surface area contributed by atoms with E-state index in [0.717, 1.165) is 0 Å². The number of hydrogen-bond donors (Lipinski definition) is 1. The Morgan fingerprint density at radius 3 is 2.60 bits per heavy atom. The predicted molar refractivity (Wildman–Crippen MR) is 88.7 cm³/mol. The third-order valence-corrected chi connectivity index (χ3v) is 4.30. The molecule has 1 aromatic heterocycles. The first-order valence-electron chi connectivity index (χ1n) is 7.35. The van der Waals surface area contributed by atoms with Gasteiger partial charge in [-0.1, -0.05) is 23.2 Å². The van der Waals surface area contributed by atoms with Crippen LogP contribution in [-0.4, -0.2) is 49.3 Å². The second-order valence-corrected chi connectivity index (χ2v) is 6.42. The van der Waals surface area contributed by atoms with Gasteiger partial charge in [0.2, 0.25) is 0 Å². The lowest BCUT2D eigenvalue weighted by molar-refractivity contribution is -0.153. The number of aryl methyl sites for hydroxylation is 1. The van der Waals surface area contributed by atoms with Gasteiger partial charge < -0.3 is 19.3 Å². The molecule has 0 aliphatic carbocycles. The van der Waals surface area contributed by atoms with Crippen molar-refractivity contribution in [1.82, 2.24) is 19.7 Å². The zero-order chi connectivity index (χ0) is 18.1. The Morgan fingerprint density at radius 2 is 1.96 bits per heavy atom. The van der Waals surface area contributed by atoms with Gasteiger partial charge in [0.15, 0.2) is 12.4 Å². The number of carbonyl (C=O) groups is 2. The van der Waals surface area contributed by atoms with E-state index in [2.05, 4.69) is 10.2 Å². The summed E-state index contributed by atoms with van der Waals surface area (Å²) in [5.74, 6) is -0.102. The van der Waals surface area contributed by atoms with Crippen molar-refractivity contribution in [1.29, 1.82) is 0 Å². The number of carboxylic acid groups (broad SMARTS) is 1. The van der Waals surface area contributed by atoms with Gasteiger partial charge in [0.05, 0.1) is 13.1 Å². The Balaban J connectivity index is 1.74. The zero-order valence-electron chi connectivity index (χ0n) is 13.1. The number of benzene rings is 1. The van der Waals surface area contributed by atoms with Crippen molar-refractivity contribution in [2.24, 2.45) is 0 Å². The number of carbonyl (C=O) groups excluding carboxylic acids is 1. The van der Waals surface area contributed by atoms with Gasteiger partial charge in [0, 0.05) is 10.0 Å². The average molecular weight is 385 g/mol. The van der Waals surface area contributed by atoms with Gasteiger partial charge in [0.25, 0.3) is 5.91 Å². The second-order valence-electron chi connectivity index (χ2n) is 5.54. The SMILES string of the molecule is Cc1nnc2n1CC(C(=O)O)N(C(=O)COc1cc(Cl)cc(Cl)c1)C2. The summed E-state index contributed by atoms with van der Waals surface area (Å²) >= 11 is 11.8. The first-order valence-corrected chi connectivity index (χ1v) is 8.10. The molecule has 1 aromatic carbocycles. The fraction of sp³-hybridized carbons (Fsp3) is 0.333. The van der Waals surface area contributed by atoms with Crippen LogP contribution in [0.25, 0.3) is 0 Å². The number of ether oxygens (including phenoxy) is 1. The molecular formula is C15H14Cl2N4O4. The number of aliphatic carboxylic acids is 1. The molecular weight excluding hydrogens is 371 g/mol. The van der Waals surface area contributed by atoms with Crippen molar-refractivity contribution >= 4 is 35.1 Å². The molecule has 0 fully saturated rings. The molecule has 1 unspecified atom stereocenters. The van der Waals surface area contributed by atoms with Crippen LogP contribution in [0.2, 0.25) is 10.0 Å². The molecule has 132 valence electrons. The number of halogens is 2. The van der Waals surface area contributed by atoms with Crippen LogP contribution >= 0.6 is 23.2 Å². The van der Waals surface area contributed by atoms with Gasteiger partial charge in [-0.2, -0.15) is 0 Å². The van der Waals surface area contributed by atoms with E-state index in [1.165, 1.54) is 23.1 Å². The average Bonchev–Trinajstić information content (AvgIpc) is 2.91. The number of hydrogen-bond acceptors (Lipinski definition) is 5. The number of amides is 1. The molecule has 1 aliphatic heterocycles. The summed E-state index contributed by atoms with van der Waals surface area (Å²) in [4.78, 5) is 25.3. The third-order valence-electron chi connectivity index (χ3n) is 3.86. The summed E-state index contributed by atoms with van der Waals surface area (Å²) in [5, 5.41) is 18.1. The van der Waals surface area contributed by atoms with E-state index in [-0.39, 0.29) is 19.7 Å². The van der Waals surface area contributed by atoms with Crippen LogP contribution in [0, 0.1) is 6.92 Å². The van der Waals surface area contributed by atoms with Crippen molar-refractivity contribution < 1.29 is 19.4 Å². The minimum absolute atomic E-state index is 0.0519. The molecule has 0 saturated carbocycles. The minimum Gasteiger partial charge on any atom is -0.484 e. The van der Waals surface area contributed by atoms with Gasteiger partial charge in [-0.25, -0.2) is 4.79 Å². The highest BCUT2D eigenvalue weighted by Gasteiger charge is 2.36. The second kappa shape index (κ2) is 6.89. The lowest BCUT2D eigenvalue weighted by Crippen LogP contribution is -2.52. The molecule has 10 heteroatoms. The van der Waals surface area contributed by atoms with Gasteiger partial charge in [-0.05, 0) is 25.1 Å². The molecule has 3 rings (SSSR count). The van der Waals surface area contributed by atoms with Crippen LogP contribution in [0.15, 0.2) is 18.2 Å². The standard InChI is InChI=1S/C15H14Cl2N4O4/c1-8-18-19-13-6-21(12(15(23)24)5-20(8)13)14(22)7-25-11-3-9(16)2-10(17)4-11/h2-4,12H,5-7H2,1H3,(H,23,24). The smallest absolute Gasteiger partial charge is 0.328 e. The van der Waals surface area contributed by atoms with Crippen LogP contribution in [0.1, 0.15) is 11.6 Å². The Bertz CT molecular complexity index is 819. The minimum atomic E-state index is -1.10. The van der Waals surface area contributed by atoms with Crippen molar-refractivity contribution in [3.05, 3.63) is 39.9 Å². The summed E-state index contributed by atoms with van der Waals surface area (Å²) < 4.78 is 7.10. The maximum absolute atomic E-state index is 12.5. The quantitative estimate of drug-likeness (QED) is 0.862. The fourth-order valence-electron chi connectivity index (χ4n) is 2.63. The van der Waals surface area contributed by atoms with E-state index in [0.29, 0.717) is 27.4 Å². The number of aromatic nitrogens is 3. The normalized spacial score (nSPS) is 16.4. The summed E-state index contributed by atoms with van der Waals surface area (Å²) in [6.45, 7) is 1.54. The van der Waals surface area contributed by atoms with E-state index in [4.69, 9.17) is 27.9 Å². The Kier molecular flexibility index (Phi) is 4.82. The van der Waals surface area contributed by atoms with Crippen molar-refractivity contribution in [2.45, 2.75) is 26.1 Å². The molecule has 1 aliphatic rings. The third kappa shape index (κ3) is 3.69. The first-order chi connectivity index (χ1) is 11.8. The molecule has 8 nitrogen and oxygen atoms in total. The van der Waals surface area contributed by atoms with E-state index in [9.17, 15) is 14.7 Å². The van der Waals surface area contributed by atoms with E-state index in [1.807, 2.05) is 0 Å². The van der Waals surface area contributed by atoms with E-state index < -0.39 is 17.9 Å². The molecule has 0 radical (unpaired) electrons. The van der Waals surface area contributed by atoms with Gasteiger partial charge in [-0.3, -0.25) is 4.79 Å². The van der Waals surface area contributed by atoms with Crippen LogP contribution in [0.4, 0.5) is 0 Å². The topological polar surface area (TPSA) is 97.5 Å². The van der Waals surface area contributed by atoms with Crippen LogP contribution in [0.5, 0.6) is 5.75 Å². The molecule has 2 heterocycles. The zero-order valence-corrected chi connectivity index (χ0v) is 14.7. The largest absolute Gasteiger partial charge is 0.484 e. The Labute approximate surface area is 152 Å². The van der Waals surface area contributed by atoms with Crippen molar-refractivity contribution in [3.63, 3.8) is 0 Å².